The van der Waals surface area contributed by atoms with Gasteiger partial charge in [0, 0.05) is 51.5 Å². The van der Waals surface area contributed by atoms with Crippen LogP contribution >= 0.6 is 22.7 Å². The summed E-state index contributed by atoms with van der Waals surface area (Å²) in [6.45, 7) is 0. The van der Waals surface area contributed by atoms with Crippen molar-refractivity contribution in [3.05, 3.63) is 231 Å². The molecule has 66 heavy (non-hydrogen) atoms. The van der Waals surface area contributed by atoms with Gasteiger partial charge in [-0.05, 0) is 112 Å². The minimum absolute atomic E-state index is 1.21. The van der Waals surface area contributed by atoms with Gasteiger partial charge in [0.05, 0.1) is 0 Å². The normalized spacial score (nSPS) is 11.9. The largest absolute Gasteiger partial charge is 0.135 e. The molecule has 0 aliphatic rings. The van der Waals surface area contributed by atoms with Crippen LogP contribution < -0.4 is 0 Å². The molecule has 12 aromatic carbocycles. The highest BCUT2D eigenvalue weighted by Gasteiger charge is 2.23. The molecule has 0 bridgehead atoms. The lowest BCUT2D eigenvalue weighted by molar-refractivity contribution is 1.64. The van der Waals surface area contributed by atoms with Gasteiger partial charge in [0.25, 0.3) is 0 Å². The molecule has 14 rings (SSSR count). The first-order valence-corrected chi connectivity index (χ1v) is 24.3. The summed E-state index contributed by atoms with van der Waals surface area (Å²) in [6.07, 6.45) is 0. The maximum absolute atomic E-state index is 2.52. The first-order valence-electron chi connectivity index (χ1n) is 22.7. The first-order chi connectivity index (χ1) is 32.8. The van der Waals surface area contributed by atoms with Gasteiger partial charge in [-0.2, -0.15) is 0 Å². The molecule has 0 N–H and O–H groups in total. The number of thiophene rings is 2. The number of fused-ring (bicyclic) bond motifs is 10. The molecule has 0 nitrogen and oxygen atoms in total. The summed E-state index contributed by atoms with van der Waals surface area (Å²) < 4.78 is 5.28. The van der Waals surface area contributed by atoms with Gasteiger partial charge >= 0.3 is 0 Å². The van der Waals surface area contributed by atoms with Crippen molar-refractivity contribution in [3.8, 4) is 55.6 Å². The number of rotatable bonds is 5. The second-order valence-electron chi connectivity index (χ2n) is 17.4. The number of hydrogen-bond acceptors (Lipinski definition) is 2. The summed E-state index contributed by atoms with van der Waals surface area (Å²) in [5.74, 6) is 0. The molecule has 0 atom stereocenters. The molecule has 0 saturated heterocycles. The fourth-order valence-electron chi connectivity index (χ4n) is 11.0. The minimum Gasteiger partial charge on any atom is -0.135 e. The fraction of sp³-hybridized carbons (Fsp3) is 0. The van der Waals surface area contributed by atoms with E-state index in [-0.39, 0.29) is 0 Å². The molecule has 2 aromatic heterocycles. The number of benzene rings is 12. The predicted molar refractivity (Wildman–Crippen MR) is 289 cm³/mol. The van der Waals surface area contributed by atoms with E-state index in [1.165, 1.54) is 139 Å². The third kappa shape index (κ3) is 5.62. The van der Waals surface area contributed by atoms with Gasteiger partial charge in [-0.15, -0.1) is 22.7 Å². The van der Waals surface area contributed by atoms with E-state index in [2.05, 4.69) is 231 Å². The highest BCUT2D eigenvalue weighted by atomic mass is 32.1. The van der Waals surface area contributed by atoms with Crippen LogP contribution in [0.4, 0.5) is 0 Å². The molecule has 0 unspecified atom stereocenters. The molecule has 0 aliphatic heterocycles. The van der Waals surface area contributed by atoms with Gasteiger partial charge in [0.15, 0.2) is 0 Å². The Morgan fingerprint density at radius 3 is 0.909 bits per heavy atom. The second kappa shape index (κ2) is 14.8. The Kier molecular flexibility index (Phi) is 8.43. The number of hydrogen-bond donors (Lipinski definition) is 0. The molecule has 0 spiro atoms. The molecule has 2 heterocycles. The zero-order valence-electron chi connectivity index (χ0n) is 35.8. The van der Waals surface area contributed by atoms with Crippen LogP contribution in [0.15, 0.2) is 231 Å². The lowest BCUT2D eigenvalue weighted by Crippen LogP contribution is -1.94. The van der Waals surface area contributed by atoms with Gasteiger partial charge in [-0.25, -0.2) is 0 Å². The summed E-state index contributed by atoms with van der Waals surface area (Å²) in [5.41, 5.74) is 12.5. The molecular weight excluding hydrogens is 833 g/mol. The highest BCUT2D eigenvalue weighted by molar-refractivity contribution is 7.26. The molecule has 0 fully saturated rings. The van der Waals surface area contributed by atoms with Gasteiger partial charge in [-0.3, -0.25) is 0 Å². The van der Waals surface area contributed by atoms with Crippen molar-refractivity contribution in [1.82, 2.24) is 0 Å². The van der Waals surface area contributed by atoms with Crippen LogP contribution in [0.3, 0.4) is 0 Å². The summed E-state index contributed by atoms with van der Waals surface area (Å²) >= 11 is 3.81. The van der Waals surface area contributed by atoms with E-state index >= 15 is 0 Å². The Hall–Kier alpha value is -7.88. The molecule has 2 heteroatoms. The molecule has 0 saturated carbocycles. The van der Waals surface area contributed by atoms with Crippen LogP contribution in [0.2, 0.25) is 0 Å². The third-order valence-corrected chi connectivity index (χ3v) is 16.3. The van der Waals surface area contributed by atoms with E-state index in [1.54, 1.807) is 0 Å². The second-order valence-corrected chi connectivity index (χ2v) is 19.5. The van der Waals surface area contributed by atoms with Gasteiger partial charge in [-0.1, -0.05) is 206 Å². The van der Waals surface area contributed by atoms with Crippen molar-refractivity contribution >= 4 is 106 Å². The lowest BCUT2D eigenvalue weighted by Gasteiger charge is -2.22. The van der Waals surface area contributed by atoms with Crippen LogP contribution in [0.1, 0.15) is 0 Å². The van der Waals surface area contributed by atoms with Crippen molar-refractivity contribution in [2.45, 2.75) is 0 Å². The van der Waals surface area contributed by atoms with E-state index in [0.29, 0.717) is 0 Å². The maximum atomic E-state index is 2.52. The van der Waals surface area contributed by atoms with Gasteiger partial charge in [0.1, 0.15) is 0 Å². The van der Waals surface area contributed by atoms with E-state index in [4.69, 9.17) is 0 Å². The van der Waals surface area contributed by atoms with Crippen LogP contribution in [-0.4, -0.2) is 0 Å². The molecule has 0 radical (unpaired) electrons. The SMILES string of the molecule is c1ccc(-c2cccc3c(-c4c5cccc(-c6cccc7c6sc6ccccc67)c5cc5c(-c6cccc7c6sc6ccccc67)cccc45)c4cccc(-c5ccccc5)c4cc23)cc1. The summed E-state index contributed by atoms with van der Waals surface area (Å²) in [6, 6.07) is 86.2. The van der Waals surface area contributed by atoms with Crippen molar-refractivity contribution in [2.75, 3.05) is 0 Å². The third-order valence-electron chi connectivity index (χ3n) is 13.9. The molecule has 0 aliphatic carbocycles. The summed E-state index contributed by atoms with van der Waals surface area (Å²) in [5, 5.41) is 15.2. The Morgan fingerprint density at radius 2 is 0.500 bits per heavy atom. The zero-order chi connectivity index (χ0) is 43.3. The maximum Gasteiger partial charge on any atom is 0.0434 e. The Labute approximate surface area is 389 Å². The standard InChI is InChI=1S/C64H38S2/c1-3-17-39(18-4-1)41-23-11-27-47-55(41)37-56-42(40-19-5-2-6-20-40)24-12-28-48(56)61(47)62-49-29-13-25-43(51-31-15-33-53-45-21-7-9-35-59(45)65-63(51)53)57(49)38-58-44(26-14-30-50(58)62)52-32-16-34-54-46-22-8-10-36-60(46)66-64(52)54/h1-38H. The quantitative estimate of drug-likeness (QED) is 0.151. The van der Waals surface area contributed by atoms with E-state index in [0.717, 1.165) is 0 Å². The van der Waals surface area contributed by atoms with E-state index in [9.17, 15) is 0 Å². The Morgan fingerprint density at radius 1 is 0.197 bits per heavy atom. The molecule has 306 valence electrons. The van der Waals surface area contributed by atoms with Crippen molar-refractivity contribution in [1.29, 1.82) is 0 Å². The van der Waals surface area contributed by atoms with E-state index < -0.39 is 0 Å². The predicted octanol–water partition coefficient (Wildman–Crippen LogP) is 19.4. The first kappa shape index (κ1) is 37.5. The smallest absolute Gasteiger partial charge is 0.0434 e. The van der Waals surface area contributed by atoms with Crippen LogP contribution in [0, 0.1) is 0 Å². The van der Waals surface area contributed by atoms with Crippen molar-refractivity contribution in [2.24, 2.45) is 0 Å². The Bertz CT molecular complexity index is 4000. The minimum atomic E-state index is 1.21. The topological polar surface area (TPSA) is 0 Å². The van der Waals surface area contributed by atoms with Crippen molar-refractivity contribution < 1.29 is 0 Å². The molecular formula is C64H38S2. The zero-order valence-corrected chi connectivity index (χ0v) is 37.4. The fourth-order valence-corrected chi connectivity index (χ4v) is 13.5. The van der Waals surface area contributed by atoms with Crippen molar-refractivity contribution in [3.63, 3.8) is 0 Å². The highest BCUT2D eigenvalue weighted by Crippen LogP contribution is 2.51. The summed E-state index contributed by atoms with van der Waals surface area (Å²) in [4.78, 5) is 0. The monoisotopic (exact) mass is 870 g/mol. The van der Waals surface area contributed by atoms with Crippen LogP contribution in [-0.2, 0) is 0 Å². The average molecular weight is 871 g/mol. The Balaban J connectivity index is 1.18. The average Bonchev–Trinajstić information content (AvgIpc) is 3.96. The van der Waals surface area contributed by atoms with Gasteiger partial charge in [0.2, 0.25) is 0 Å². The molecule has 14 aromatic rings. The van der Waals surface area contributed by atoms with Gasteiger partial charge < -0.3 is 0 Å². The van der Waals surface area contributed by atoms with Crippen LogP contribution in [0.25, 0.3) is 139 Å². The van der Waals surface area contributed by atoms with Crippen LogP contribution in [0.5, 0.6) is 0 Å². The van der Waals surface area contributed by atoms with E-state index in [1.807, 2.05) is 22.7 Å². The summed E-state index contributed by atoms with van der Waals surface area (Å²) in [7, 11) is 0. The lowest BCUT2D eigenvalue weighted by atomic mass is 9.81. The molecule has 0 amide bonds.